The number of amides is 3. The molecule has 3 amide bonds. The van der Waals surface area contributed by atoms with Crippen LogP contribution in [0.4, 0.5) is 0 Å². The first kappa shape index (κ1) is 26.2. The van der Waals surface area contributed by atoms with Gasteiger partial charge in [-0.15, -0.1) is 0 Å². The lowest BCUT2D eigenvalue weighted by Gasteiger charge is -2.42. The first-order valence-electron chi connectivity index (χ1n) is 13.4. The number of rotatable bonds is 3. The molecule has 0 aromatic heterocycles. The van der Waals surface area contributed by atoms with Crippen LogP contribution in [0.1, 0.15) is 61.7 Å². The van der Waals surface area contributed by atoms with E-state index in [0.717, 1.165) is 32.2 Å². The van der Waals surface area contributed by atoms with E-state index >= 15 is 0 Å². The average molecular weight is 497 g/mol. The summed E-state index contributed by atoms with van der Waals surface area (Å²) in [5.74, 6) is 0.447. The Bertz CT molecular complexity index is 959. The molecule has 2 fully saturated rings. The van der Waals surface area contributed by atoms with Crippen LogP contribution >= 0.6 is 0 Å². The smallest absolute Gasteiger partial charge is 0.255 e. The number of fused-ring (bicyclic) bond motifs is 1. The molecule has 1 spiro atoms. The fourth-order valence-corrected chi connectivity index (χ4v) is 5.71. The number of likely N-dealkylation sites (tertiary alicyclic amines) is 1. The lowest BCUT2D eigenvalue weighted by atomic mass is 9.76. The topological polar surface area (TPSA) is 91.0 Å². The van der Waals surface area contributed by atoms with Crippen LogP contribution in [-0.4, -0.2) is 79.9 Å². The molecule has 1 aromatic carbocycles. The number of para-hydroxylation sites is 1. The maximum absolute atomic E-state index is 13.4. The number of piperidine rings is 1. The zero-order valence-corrected chi connectivity index (χ0v) is 21.5. The second-order valence-electron chi connectivity index (χ2n) is 10.4. The van der Waals surface area contributed by atoms with Crippen LogP contribution in [0.25, 0.3) is 0 Å². The van der Waals surface area contributed by atoms with Crippen LogP contribution in [0.5, 0.6) is 5.75 Å². The molecule has 2 N–H and O–H groups in total. The number of hydrogen-bond acceptors (Lipinski definition) is 5. The molecule has 0 radical (unpaired) electrons. The Balaban J connectivity index is 1.43. The van der Waals surface area contributed by atoms with Gasteiger partial charge in [-0.25, -0.2) is 0 Å². The molecule has 1 atom stereocenters. The van der Waals surface area contributed by atoms with Gasteiger partial charge in [0.2, 0.25) is 11.8 Å². The Morgan fingerprint density at radius 2 is 1.86 bits per heavy atom. The molecule has 1 aliphatic carbocycles. The number of nitrogens with zero attached hydrogens (tertiary/aromatic N) is 2. The Morgan fingerprint density at radius 1 is 1.08 bits per heavy atom. The molecule has 36 heavy (non-hydrogen) atoms. The number of ether oxygens (including phenoxy) is 1. The largest absolute Gasteiger partial charge is 0.489 e. The van der Waals surface area contributed by atoms with Gasteiger partial charge in [0.15, 0.2) is 0 Å². The van der Waals surface area contributed by atoms with Gasteiger partial charge in [0.1, 0.15) is 12.4 Å². The van der Waals surface area contributed by atoms with Gasteiger partial charge in [0.25, 0.3) is 5.91 Å². The second kappa shape index (κ2) is 12.4. The molecular formula is C28H40N4O4. The number of hydrogen-bond donors (Lipinski definition) is 2. The molecular weight excluding hydrogens is 456 g/mol. The molecule has 8 nitrogen and oxygen atoms in total. The minimum absolute atomic E-state index is 0.0161. The fourth-order valence-electron chi connectivity index (χ4n) is 5.71. The van der Waals surface area contributed by atoms with Crippen LogP contribution in [0.3, 0.4) is 0 Å². The minimum Gasteiger partial charge on any atom is -0.489 e. The van der Waals surface area contributed by atoms with E-state index in [9.17, 15) is 14.4 Å². The predicted octanol–water partition coefficient (Wildman–Crippen LogP) is 2.74. The Morgan fingerprint density at radius 3 is 2.69 bits per heavy atom. The maximum atomic E-state index is 13.4. The number of nitrogens with one attached hydrogen (secondary N) is 2. The van der Waals surface area contributed by atoms with E-state index in [1.54, 1.807) is 18.2 Å². The summed E-state index contributed by atoms with van der Waals surface area (Å²) in [6, 6.07) is 7.51. The summed E-state index contributed by atoms with van der Waals surface area (Å²) < 4.78 is 5.85. The van der Waals surface area contributed by atoms with Gasteiger partial charge in [0, 0.05) is 32.7 Å². The van der Waals surface area contributed by atoms with Crippen LogP contribution in [0.15, 0.2) is 36.4 Å². The van der Waals surface area contributed by atoms with Crippen molar-refractivity contribution in [1.29, 1.82) is 0 Å². The highest BCUT2D eigenvalue weighted by atomic mass is 16.5. The van der Waals surface area contributed by atoms with Crippen LogP contribution in [0.2, 0.25) is 0 Å². The van der Waals surface area contributed by atoms with Crippen LogP contribution < -0.4 is 15.4 Å². The minimum atomic E-state index is -0.607. The molecule has 1 unspecified atom stereocenters. The first-order valence-corrected chi connectivity index (χ1v) is 13.4. The zero-order chi connectivity index (χ0) is 25.4. The second-order valence-corrected chi connectivity index (χ2v) is 10.4. The van der Waals surface area contributed by atoms with Gasteiger partial charge in [-0.05, 0) is 50.8 Å². The lowest BCUT2D eigenvalue weighted by molar-refractivity contribution is -0.139. The van der Waals surface area contributed by atoms with Gasteiger partial charge in [-0.3, -0.25) is 19.3 Å². The normalized spacial score (nSPS) is 25.6. The van der Waals surface area contributed by atoms with E-state index in [2.05, 4.69) is 15.5 Å². The molecule has 1 saturated carbocycles. The summed E-state index contributed by atoms with van der Waals surface area (Å²) in [5.41, 5.74) is -0.124. The van der Waals surface area contributed by atoms with Crippen molar-refractivity contribution in [2.45, 2.75) is 57.4 Å². The number of benzene rings is 1. The van der Waals surface area contributed by atoms with Crippen LogP contribution in [0, 0.1) is 5.41 Å². The van der Waals surface area contributed by atoms with E-state index in [0.29, 0.717) is 56.6 Å². The Kier molecular flexibility index (Phi) is 9.02. The third-order valence-corrected chi connectivity index (χ3v) is 7.85. The van der Waals surface area contributed by atoms with Crippen molar-refractivity contribution in [3.05, 3.63) is 42.0 Å². The molecule has 2 aliphatic heterocycles. The summed E-state index contributed by atoms with van der Waals surface area (Å²) in [4.78, 5) is 43.2. The third kappa shape index (κ3) is 6.46. The van der Waals surface area contributed by atoms with Crippen molar-refractivity contribution >= 4 is 17.7 Å². The van der Waals surface area contributed by atoms with Gasteiger partial charge < -0.3 is 20.3 Å². The van der Waals surface area contributed by atoms with Crippen molar-refractivity contribution in [2.24, 2.45) is 5.41 Å². The van der Waals surface area contributed by atoms with Crippen molar-refractivity contribution in [1.82, 2.24) is 20.4 Å². The summed E-state index contributed by atoms with van der Waals surface area (Å²) in [6.45, 7) is 2.71. The van der Waals surface area contributed by atoms with Crippen molar-refractivity contribution in [3.8, 4) is 5.75 Å². The van der Waals surface area contributed by atoms with E-state index in [-0.39, 0.29) is 17.7 Å². The van der Waals surface area contributed by atoms with E-state index in [4.69, 9.17) is 4.74 Å². The quantitative estimate of drug-likeness (QED) is 0.628. The van der Waals surface area contributed by atoms with Gasteiger partial charge in [-0.1, -0.05) is 43.5 Å². The predicted molar refractivity (Wildman–Crippen MR) is 139 cm³/mol. The van der Waals surface area contributed by atoms with Crippen molar-refractivity contribution in [3.63, 3.8) is 0 Å². The summed E-state index contributed by atoms with van der Waals surface area (Å²) in [7, 11) is 1.93. The number of carbonyl (C=O) groups is 3. The Labute approximate surface area is 214 Å². The third-order valence-electron chi connectivity index (χ3n) is 7.85. The van der Waals surface area contributed by atoms with Gasteiger partial charge >= 0.3 is 0 Å². The molecule has 196 valence electrons. The number of allylic oxidation sites excluding steroid dienone is 1. The first-order chi connectivity index (χ1) is 17.5. The molecule has 0 bridgehead atoms. The summed E-state index contributed by atoms with van der Waals surface area (Å²) in [5, 5.41) is 5.92. The van der Waals surface area contributed by atoms with Crippen LogP contribution in [-0.2, 0) is 9.59 Å². The molecule has 1 saturated heterocycles. The fraction of sp³-hybridized carbons (Fsp3) is 0.607. The Hall–Kier alpha value is -2.87. The SMILES string of the molecule is CN(C(=O)CN1CCCC2(C/C=C\COc3ccccc3C(=O)NCCNC2=O)C1)C1CCCCC1. The molecule has 4 rings (SSSR count). The maximum Gasteiger partial charge on any atom is 0.255 e. The monoisotopic (exact) mass is 496 g/mol. The highest BCUT2D eigenvalue weighted by Crippen LogP contribution is 2.35. The highest BCUT2D eigenvalue weighted by Gasteiger charge is 2.41. The standard InChI is InChI=1S/C28H40N4O4/c1-31(22-10-3-2-4-11-22)25(33)20-32-18-9-15-28(21-32)14-7-8-19-36-24-13-6-5-12-23(24)26(34)29-16-17-30-27(28)35/h5-8,12-13,22H,2-4,9-11,14-21H2,1H3,(H,29,34)(H,30,35)/b8-7-. The zero-order valence-electron chi connectivity index (χ0n) is 21.5. The highest BCUT2D eigenvalue weighted by molar-refractivity contribution is 5.97. The summed E-state index contributed by atoms with van der Waals surface area (Å²) >= 11 is 0. The van der Waals surface area contributed by atoms with E-state index in [1.165, 1.54) is 19.3 Å². The molecule has 8 heteroatoms. The molecule has 3 aliphatic rings. The average Bonchev–Trinajstić information content (AvgIpc) is 2.90. The summed E-state index contributed by atoms with van der Waals surface area (Å²) in [6.07, 6.45) is 11.9. The molecule has 1 aromatic rings. The number of carbonyl (C=O) groups excluding carboxylic acids is 3. The van der Waals surface area contributed by atoms with Crippen molar-refractivity contribution in [2.75, 3.05) is 46.4 Å². The van der Waals surface area contributed by atoms with E-state index in [1.807, 2.05) is 30.2 Å². The van der Waals surface area contributed by atoms with Gasteiger partial charge in [0.05, 0.1) is 17.5 Å². The number of likely N-dealkylation sites (N-methyl/N-ethyl adjacent to an activating group) is 1. The lowest BCUT2D eigenvalue weighted by Crippen LogP contribution is -2.54. The molecule has 2 heterocycles. The van der Waals surface area contributed by atoms with E-state index < -0.39 is 5.41 Å². The van der Waals surface area contributed by atoms with Crippen molar-refractivity contribution < 1.29 is 19.1 Å². The van der Waals surface area contributed by atoms with Gasteiger partial charge in [-0.2, -0.15) is 0 Å².